The van der Waals surface area contributed by atoms with Crippen LogP contribution in [0.5, 0.6) is 0 Å². The number of non-ortho nitro benzene ring substituents is 2. The van der Waals surface area contributed by atoms with E-state index in [1.54, 1.807) is 24.3 Å². The number of anilines is 3. The molecule has 0 fully saturated rings. The van der Waals surface area contributed by atoms with Gasteiger partial charge >= 0.3 is 0 Å². The summed E-state index contributed by atoms with van der Waals surface area (Å²) in [5.74, 6) is 2.83. The average molecular weight is 432 g/mol. The fourth-order valence-corrected chi connectivity index (χ4v) is 4.92. The summed E-state index contributed by atoms with van der Waals surface area (Å²) in [6.07, 6.45) is 5.94. The van der Waals surface area contributed by atoms with E-state index in [-0.39, 0.29) is 11.4 Å². The van der Waals surface area contributed by atoms with Crippen molar-refractivity contribution < 1.29 is 9.85 Å². The number of nitro benzene ring substituents is 2. The van der Waals surface area contributed by atoms with E-state index in [0.29, 0.717) is 11.4 Å². The molecule has 0 saturated heterocycles. The molecule has 0 heterocycles. The Morgan fingerprint density at radius 3 is 1.61 bits per heavy atom. The van der Waals surface area contributed by atoms with Crippen molar-refractivity contribution in [3.05, 3.63) is 92.5 Å². The number of benzene rings is 3. The second kappa shape index (κ2) is 8.42. The van der Waals surface area contributed by atoms with Gasteiger partial charge in [0.2, 0.25) is 0 Å². The van der Waals surface area contributed by atoms with E-state index in [1.165, 1.54) is 24.3 Å². The smallest absolute Gasteiger partial charge is 0.269 e. The monoisotopic (exact) mass is 431 g/mol. The maximum atomic E-state index is 11.1. The molecule has 3 aromatic rings. The number of hydrogen-bond donors (Lipinski definition) is 0. The highest BCUT2D eigenvalue weighted by Gasteiger charge is 2.25. The van der Waals surface area contributed by atoms with Crippen molar-refractivity contribution in [3.8, 4) is 12.3 Å². The minimum atomic E-state index is -1.77. The Labute approximate surface area is 181 Å². The predicted octanol–water partition coefficient (Wildman–Crippen LogP) is 5.50. The first kappa shape index (κ1) is 21.7. The molecular weight excluding hydrogens is 410 g/mol. The Morgan fingerprint density at radius 2 is 1.26 bits per heavy atom. The van der Waals surface area contributed by atoms with E-state index >= 15 is 0 Å². The van der Waals surface area contributed by atoms with Crippen LogP contribution < -0.4 is 10.1 Å². The standard InChI is InChI=1S/C23H21N3O4Si/c1-5-21-22(7-6-8-23(21)31(2,3)4)24(17-9-13-19(14-10-17)25(27)28)18-11-15-20(16-12-18)26(29)30/h1,6-16H,2-4H3. The molecule has 0 saturated carbocycles. The van der Waals surface area contributed by atoms with Gasteiger partial charge in [0.15, 0.2) is 0 Å². The molecule has 0 spiro atoms. The number of nitrogens with zero attached hydrogens (tertiary/aromatic N) is 3. The zero-order valence-corrected chi connectivity index (χ0v) is 18.4. The third kappa shape index (κ3) is 4.47. The first-order valence-electron chi connectivity index (χ1n) is 9.52. The van der Waals surface area contributed by atoms with Crippen LogP contribution in [0.1, 0.15) is 5.56 Å². The Balaban J connectivity index is 2.25. The van der Waals surface area contributed by atoms with Crippen molar-refractivity contribution in [2.75, 3.05) is 4.90 Å². The quantitative estimate of drug-likeness (QED) is 0.222. The third-order valence-corrected chi connectivity index (χ3v) is 6.91. The van der Waals surface area contributed by atoms with Crippen molar-refractivity contribution in [1.29, 1.82) is 0 Å². The Morgan fingerprint density at radius 1 is 0.806 bits per heavy atom. The van der Waals surface area contributed by atoms with Crippen molar-refractivity contribution in [2.45, 2.75) is 19.6 Å². The summed E-state index contributed by atoms with van der Waals surface area (Å²) < 4.78 is 0. The number of rotatable bonds is 6. The molecule has 0 radical (unpaired) electrons. The normalized spacial score (nSPS) is 10.9. The van der Waals surface area contributed by atoms with Crippen LogP contribution in [-0.2, 0) is 0 Å². The fourth-order valence-electron chi connectivity index (χ4n) is 3.38. The van der Waals surface area contributed by atoms with Gasteiger partial charge in [0.1, 0.15) is 0 Å². The van der Waals surface area contributed by atoms with Crippen molar-refractivity contribution in [3.63, 3.8) is 0 Å². The van der Waals surface area contributed by atoms with Gasteiger partial charge in [0.05, 0.1) is 23.6 Å². The molecule has 0 aromatic heterocycles. The van der Waals surface area contributed by atoms with Gasteiger partial charge < -0.3 is 4.90 Å². The van der Waals surface area contributed by atoms with Gasteiger partial charge in [-0.1, -0.05) is 37.7 Å². The molecule has 0 amide bonds. The van der Waals surface area contributed by atoms with Gasteiger partial charge in [-0.2, -0.15) is 0 Å². The summed E-state index contributed by atoms with van der Waals surface area (Å²) >= 11 is 0. The van der Waals surface area contributed by atoms with Crippen molar-refractivity contribution in [2.24, 2.45) is 0 Å². The fraction of sp³-hybridized carbons (Fsp3) is 0.130. The van der Waals surface area contributed by atoms with E-state index in [2.05, 4.69) is 25.6 Å². The van der Waals surface area contributed by atoms with Crippen LogP contribution in [0.3, 0.4) is 0 Å². The van der Waals surface area contributed by atoms with Crippen LogP contribution in [0, 0.1) is 32.6 Å². The number of nitro groups is 2. The molecule has 8 heteroatoms. The summed E-state index contributed by atoms with van der Waals surface area (Å²) in [6, 6.07) is 18.1. The van der Waals surface area contributed by atoms with Crippen molar-refractivity contribution in [1.82, 2.24) is 0 Å². The maximum absolute atomic E-state index is 11.1. The minimum absolute atomic E-state index is 0.0274. The third-order valence-electron chi connectivity index (χ3n) is 4.87. The lowest BCUT2D eigenvalue weighted by molar-refractivity contribution is -0.385. The van der Waals surface area contributed by atoms with E-state index in [9.17, 15) is 20.2 Å². The van der Waals surface area contributed by atoms with Gasteiger partial charge in [0, 0.05) is 41.2 Å². The van der Waals surface area contributed by atoms with Crippen LogP contribution in [0.4, 0.5) is 28.4 Å². The largest absolute Gasteiger partial charge is 0.309 e. The molecule has 3 rings (SSSR count). The van der Waals surface area contributed by atoms with E-state index in [1.807, 2.05) is 23.1 Å². The molecule has 31 heavy (non-hydrogen) atoms. The minimum Gasteiger partial charge on any atom is -0.309 e. The summed E-state index contributed by atoms with van der Waals surface area (Å²) in [7, 11) is -1.77. The summed E-state index contributed by atoms with van der Waals surface area (Å²) in [4.78, 5) is 23.1. The van der Waals surface area contributed by atoms with Gasteiger partial charge in [0.25, 0.3) is 11.4 Å². The molecule has 0 unspecified atom stereocenters. The van der Waals surface area contributed by atoms with Crippen LogP contribution in [0.15, 0.2) is 66.7 Å². The first-order chi connectivity index (χ1) is 14.6. The second-order valence-electron chi connectivity index (χ2n) is 7.98. The molecular formula is C23H21N3O4Si. The second-order valence-corrected chi connectivity index (χ2v) is 13.0. The van der Waals surface area contributed by atoms with E-state index in [4.69, 9.17) is 6.42 Å². The number of hydrogen-bond acceptors (Lipinski definition) is 5. The summed E-state index contributed by atoms with van der Waals surface area (Å²) in [5.41, 5.74) is 2.75. The van der Waals surface area contributed by atoms with Gasteiger partial charge in [-0.15, -0.1) is 6.42 Å². The molecule has 0 N–H and O–H groups in total. The highest BCUT2D eigenvalue weighted by molar-refractivity contribution is 6.89. The predicted molar refractivity (Wildman–Crippen MR) is 125 cm³/mol. The average Bonchev–Trinajstić information content (AvgIpc) is 2.74. The lowest BCUT2D eigenvalue weighted by atomic mass is 10.1. The molecule has 0 aliphatic carbocycles. The SMILES string of the molecule is C#Cc1c(N(c2ccc([N+](=O)[O-])cc2)c2ccc([N+](=O)[O-])cc2)cccc1[Si](C)(C)C. The van der Waals surface area contributed by atoms with E-state index < -0.39 is 17.9 Å². The van der Waals surface area contributed by atoms with E-state index in [0.717, 1.165) is 16.4 Å². The summed E-state index contributed by atoms with van der Waals surface area (Å²) in [6.45, 7) is 6.61. The molecule has 0 atom stereocenters. The topological polar surface area (TPSA) is 89.5 Å². The van der Waals surface area contributed by atoms with Crippen LogP contribution in [0.25, 0.3) is 0 Å². The molecule has 0 aliphatic rings. The maximum Gasteiger partial charge on any atom is 0.269 e. The first-order valence-corrected chi connectivity index (χ1v) is 13.0. The molecule has 156 valence electrons. The highest BCUT2D eigenvalue weighted by Crippen LogP contribution is 2.37. The highest BCUT2D eigenvalue weighted by atomic mass is 28.3. The molecule has 0 aliphatic heterocycles. The number of terminal acetylenes is 1. The van der Waals surface area contributed by atoms with Crippen LogP contribution in [-0.4, -0.2) is 17.9 Å². The van der Waals surface area contributed by atoms with Crippen molar-refractivity contribution >= 4 is 41.7 Å². The Hall–Kier alpha value is -3.96. The molecule has 3 aromatic carbocycles. The van der Waals surface area contributed by atoms with Crippen LogP contribution >= 0.6 is 0 Å². The lowest BCUT2D eigenvalue weighted by Crippen LogP contribution is -2.40. The summed E-state index contributed by atoms with van der Waals surface area (Å²) in [5, 5.41) is 23.3. The zero-order valence-electron chi connectivity index (χ0n) is 17.4. The Kier molecular flexibility index (Phi) is 5.90. The zero-order chi connectivity index (χ0) is 22.8. The lowest BCUT2D eigenvalue weighted by Gasteiger charge is -2.29. The van der Waals surface area contributed by atoms with Gasteiger partial charge in [-0.25, -0.2) is 0 Å². The molecule has 7 nitrogen and oxygen atoms in total. The molecule has 0 bridgehead atoms. The van der Waals surface area contributed by atoms with Gasteiger partial charge in [-0.3, -0.25) is 20.2 Å². The van der Waals surface area contributed by atoms with Crippen LogP contribution in [0.2, 0.25) is 19.6 Å². The Bertz CT molecular complexity index is 1120. The van der Waals surface area contributed by atoms with Gasteiger partial charge in [-0.05, 0) is 35.5 Å².